The first-order valence-corrected chi connectivity index (χ1v) is 9.29. The van der Waals surface area contributed by atoms with Gasteiger partial charge in [0, 0.05) is 44.6 Å². The summed E-state index contributed by atoms with van der Waals surface area (Å²) < 4.78 is 27.1. The zero-order chi connectivity index (χ0) is 16.0. The molecule has 0 bridgehead atoms. The molecule has 1 aromatic rings. The largest absolute Gasteiger partial charge is 0.338 e. The van der Waals surface area contributed by atoms with Gasteiger partial charge in [0.1, 0.15) is 0 Å². The SMILES string of the molecule is CS(=O)(=O)N[C@@H]1CCCN(C(=O)NCCCn2ccnc2)C1. The molecule has 2 N–H and O–H groups in total. The minimum Gasteiger partial charge on any atom is -0.338 e. The van der Waals surface area contributed by atoms with Crippen LogP contribution in [0, 0.1) is 0 Å². The molecule has 0 aliphatic carbocycles. The van der Waals surface area contributed by atoms with Crippen LogP contribution in [0.15, 0.2) is 18.7 Å². The first-order valence-electron chi connectivity index (χ1n) is 7.40. The number of amides is 2. The number of nitrogens with zero attached hydrogens (tertiary/aromatic N) is 3. The Balaban J connectivity index is 1.70. The van der Waals surface area contributed by atoms with Crippen molar-refractivity contribution in [3.8, 4) is 0 Å². The molecule has 2 heterocycles. The third kappa shape index (κ3) is 5.64. The van der Waals surface area contributed by atoms with E-state index in [1.54, 1.807) is 17.4 Å². The third-order valence-corrected chi connectivity index (χ3v) is 4.28. The van der Waals surface area contributed by atoms with Gasteiger partial charge >= 0.3 is 6.03 Å². The molecule has 0 saturated carbocycles. The van der Waals surface area contributed by atoms with Gasteiger partial charge in [-0.05, 0) is 19.3 Å². The molecule has 1 atom stereocenters. The van der Waals surface area contributed by atoms with Crippen LogP contribution >= 0.6 is 0 Å². The Bertz CT molecular complexity index is 573. The molecule has 1 aromatic heterocycles. The van der Waals surface area contributed by atoms with Gasteiger partial charge in [-0.1, -0.05) is 0 Å². The maximum Gasteiger partial charge on any atom is 0.317 e. The van der Waals surface area contributed by atoms with E-state index in [1.165, 1.54) is 0 Å². The monoisotopic (exact) mass is 329 g/mol. The van der Waals surface area contributed by atoms with Crippen molar-refractivity contribution in [2.24, 2.45) is 0 Å². The second-order valence-electron chi connectivity index (χ2n) is 5.56. The number of nitrogens with one attached hydrogen (secondary N) is 2. The predicted octanol–water partition coefficient (Wildman–Crippen LogP) is -0.00360. The summed E-state index contributed by atoms with van der Waals surface area (Å²) in [5.41, 5.74) is 0. The Labute approximate surface area is 130 Å². The summed E-state index contributed by atoms with van der Waals surface area (Å²) >= 11 is 0. The second-order valence-corrected chi connectivity index (χ2v) is 7.34. The summed E-state index contributed by atoms with van der Waals surface area (Å²) in [5.74, 6) is 0. The smallest absolute Gasteiger partial charge is 0.317 e. The van der Waals surface area contributed by atoms with E-state index in [2.05, 4.69) is 15.0 Å². The standard InChI is InChI=1S/C13H23N5O3S/c1-22(20,21)16-12-4-2-8-18(10-12)13(19)15-5-3-7-17-9-6-14-11-17/h6,9,11-12,16H,2-5,7-8,10H2,1H3,(H,15,19)/t12-/m1/s1. The molecular formula is C13H23N5O3S. The number of imidazole rings is 1. The number of carbonyl (C=O) groups is 1. The lowest BCUT2D eigenvalue weighted by atomic mass is 10.1. The highest BCUT2D eigenvalue weighted by molar-refractivity contribution is 7.88. The molecule has 2 amide bonds. The number of rotatable bonds is 6. The lowest BCUT2D eigenvalue weighted by molar-refractivity contribution is 0.177. The van der Waals surface area contributed by atoms with E-state index in [9.17, 15) is 13.2 Å². The maximum atomic E-state index is 12.1. The molecule has 22 heavy (non-hydrogen) atoms. The van der Waals surface area contributed by atoms with Crippen LogP contribution in [0.3, 0.4) is 0 Å². The Kier molecular flexibility index (Phi) is 5.78. The topological polar surface area (TPSA) is 96.3 Å². The van der Waals surface area contributed by atoms with Gasteiger partial charge in [0.15, 0.2) is 0 Å². The van der Waals surface area contributed by atoms with E-state index >= 15 is 0 Å². The van der Waals surface area contributed by atoms with Gasteiger partial charge < -0.3 is 14.8 Å². The van der Waals surface area contributed by atoms with Crippen molar-refractivity contribution in [2.45, 2.75) is 31.8 Å². The molecule has 9 heteroatoms. The van der Waals surface area contributed by atoms with Gasteiger partial charge in [-0.2, -0.15) is 0 Å². The summed E-state index contributed by atoms with van der Waals surface area (Å²) in [4.78, 5) is 17.7. The summed E-state index contributed by atoms with van der Waals surface area (Å²) in [7, 11) is -3.24. The second kappa shape index (κ2) is 7.59. The first-order chi connectivity index (χ1) is 10.4. The van der Waals surface area contributed by atoms with Crippen molar-refractivity contribution in [2.75, 3.05) is 25.9 Å². The molecule has 8 nitrogen and oxygen atoms in total. The minimum atomic E-state index is -3.24. The van der Waals surface area contributed by atoms with E-state index in [4.69, 9.17) is 0 Å². The molecule has 1 aliphatic rings. The van der Waals surface area contributed by atoms with Gasteiger partial charge in [0.2, 0.25) is 10.0 Å². The highest BCUT2D eigenvalue weighted by Gasteiger charge is 2.25. The van der Waals surface area contributed by atoms with Crippen LogP contribution in [0.25, 0.3) is 0 Å². The van der Waals surface area contributed by atoms with Crippen LogP contribution in [-0.2, 0) is 16.6 Å². The fraction of sp³-hybridized carbons (Fsp3) is 0.692. The molecule has 1 saturated heterocycles. The van der Waals surface area contributed by atoms with Gasteiger partial charge in [-0.25, -0.2) is 22.9 Å². The van der Waals surface area contributed by atoms with Gasteiger partial charge in [-0.3, -0.25) is 0 Å². The third-order valence-electron chi connectivity index (χ3n) is 3.52. The molecule has 124 valence electrons. The van der Waals surface area contributed by atoms with Crippen molar-refractivity contribution >= 4 is 16.1 Å². The first kappa shape index (κ1) is 16.8. The number of carbonyl (C=O) groups excluding carboxylic acids is 1. The fourth-order valence-electron chi connectivity index (χ4n) is 2.55. The zero-order valence-electron chi connectivity index (χ0n) is 12.7. The summed E-state index contributed by atoms with van der Waals surface area (Å²) in [6.45, 7) is 2.46. The number of likely N-dealkylation sites (tertiary alicyclic amines) is 1. The number of sulfonamides is 1. The van der Waals surface area contributed by atoms with Crippen LogP contribution in [0.5, 0.6) is 0 Å². The number of hydrogen-bond donors (Lipinski definition) is 2. The Hall–Kier alpha value is -1.61. The molecule has 0 aromatic carbocycles. The van der Waals surface area contributed by atoms with Gasteiger partial charge in [0.05, 0.1) is 12.6 Å². The van der Waals surface area contributed by atoms with Crippen molar-refractivity contribution < 1.29 is 13.2 Å². The van der Waals surface area contributed by atoms with Crippen LogP contribution in [0.4, 0.5) is 4.79 Å². The average Bonchev–Trinajstić information content (AvgIpc) is 2.95. The lowest BCUT2D eigenvalue weighted by Gasteiger charge is -2.32. The molecule has 0 unspecified atom stereocenters. The summed E-state index contributed by atoms with van der Waals surface area (Å²) in [6, 6.07) is -0.328. The molecule has 2 rings (SSSR count). The van der Waals surface area contributed by atoms with E-state index in [0.29, 0.717) is 19.6 Å². The van der Waals surface area contributed by atoms with E-state index in [-0.39, 0.29) is 12.1 Å². The molecule has 1 fully saturated rings. The fourth-order valence-corrected chi connectivity index (χ4v) is 3.35. The Morgan fingerprint density at radius 2 is 2.27 bits per heavy atom. The quantitative estimate of drug-likeness (QED) is 0.718. The predicted molar refractivity (Wildman–Crippen MR) is 82.8 cm³/mol. The van der Waals surface area contributed by atoms with Gasteiger partial charge in [-0.15, -0.1) is 0 Å². The van der Waals surface area contributed by atoms with Crippen molar-refractivity contribution in [1.29, 1.82) is 0 Å². The van der Waals surface area contributed by atoms with Crippen LogP contribution in [0.2, 0.25) is 0 Å². The highest BCUT2D eigenvalue weighted by atomic mass is 32.2. The lowest BCUT2D eigenvalue weighted by Crippen LogP contribution is -2.52. The number of piperidine rings is 1. The van der Waals surface area contributed by atoms with Crippen LogP contribution in [0.1, 0.15) is 19.3 Å². The zero-order valence-corrected chi connectivity index (χ0v) is 13.6. The molecule has 0 spiro atoms. The number of aryl methyl sites for hydroxylation is 1. The van der Waals surface area contributed by atoms with E-state index in [1.807, 2.05) is 10.8 Å². The van der Waals surface area contributed by atoms with Crippen molar-refractivity contribution in [3.63, 3.8) is 0 Å². The molecule has 0 radical (unpaired) electrons. The van der Waals surface area contributed by atoms with Crippen molar-refractivity contribution in [1.82, 2.24) is 24.5 Å². The summed E-state index contributed by atoms with van der Waals surface area (Å²) in [6.07, 6.45) is 8.87. The Morgan fingerprint density at radius 1 is 1.45 bits per heavy atom. The maximum absolute atomic E-state index is 12.1. The van der Waals surface area contributed by atoms with E-state index < -0.39 is 10.0 Å². The van der Waals surface area contributed by atoms with Crippen LogP contribution in [-0.4, -0.2) is 60.8 Å². The normalized spacial score (nSPS) is 19.1. The number of hydrogen-bond acceptors (Lipinski definition) is 4. The Morgan fingerprint density at radius 3 is 2.95 bits per heavy atom. The molecule has 1 aliphatic heterocycles. The highest BCUT2D eigenvalue weighted by Crippen LogP contribution is 2.10. The number of aromatic nitrogens is 2. The van der Waals surface area contributed by atoms with Crippen molar-refractivity contribution in [3.05, 3.63) is 18.7 Å². The van der Waals surface area contributed by atoms with Crippen LogP contribution < -0.4 is 10.0 Å². The minimum absolute atomic E-state index is 0.134. The van der Waals surface area contributed by atoms with Gasteiger partial charge in [0.25, 0.3) is 0 Å². The number of urea groups is 1. The molecular weight excluding hydrogens is 306 g/mol. The average molecular weight is 329 g/mol. The van der Waals surface area contributed by atoms with E-state index in [0.717, 1.165) is 32.1 Å². The summed E-state index contributed by atoms with van der Waals surface area (Å²) in [5, 5.41) is 2.87.